The van der Waals surface area contributed by atoms with Gasteiger partial charge in [-0.05, 0) is 43.0 Å². The van der Waals surface area contributed by atoms with Crippen molar-refractivity contribution in [2.24, 2.45) is 5.92 Å². The average molecular weight is 354 g/mol. The molecule has 2 rings (SSSR count). The van der Waals surface area contributed by atoms with Crippen molar-refractivity contribution < 1.29 is 9.90 Å². The smallest absolute Gasteiger partial charge is 0.251 e. The van der Waals surface area contributed by atoms with Crippen LogP contribution in [-0.2, 0) is 6.42 Å². The molecule has 0 radical (unpaired) electrons. The number of hydrogen-bond acceptors (Lipinski definition) is 3. The molecule has 1 amide bonds. The van der Waals surface area contributed by atoms with Gasteiger partial charge in [-0.1, -0.05) is 62.4 Å². The van der Waals surface area contributed by atoms with Crippen LogP contribution in [0.5, 0.6) is 0 Å². The Morgan fingerprint density at radius 1 is 1.00 bits per heavy atom. The summed E-state index contributed by atoms with van der Waals surface area (Å²) >= 11 is 0. The normalized spacial score (nSPS) is 13.4. The number of aliphatic hydroxyl groups excluding tert-OH is 1. The largest absolute Gasteiger partial charge is 0.390 e. The first kappa shape index (κ1) is 20.1. The van der Waals surface area contributed by atoms with Crippen molar-refractivity contribution in [2.75, 3.05) is 13.1 Å². The summed E-state index contributed by atoms with van der Waals surface area (Å²) in [5.41, 5.74) is 1.69. The second-order valence-corrected chi connectivity index (χ2v) is 7.09. The second kappa shape index (κ2) is 10.7. The molecule has 4 heteroatoms. The van der Waals surface area contributed by atoms with E-state index >= 15 is 0 Å². The van der Waals surface area contributed by atoms with Gasteiger partial charge in [-0.2, -0.15) is 0 Å². The van der Waals surface area contributed by atoms with Crippen molar-refractivity contribution in [3.8, 4) is 0 Å². The number of benzene rings is 2. The van der Waals surface area contributed by atoms with E-state index in [1.165, 1.54) is 0 Å². The molecule has 2 aromatic carbocycles. The van der Waals surface area contributed by atoms with Gasteiger partial charge in [-0.3, -0.25) is 4.79 Å². The summed E-state index contributed by atoms with van der Waals surface area (Å²) in [5, 5.41) is 17.0. The zero-order valence-corrected chi connectivity index (χ0v) is 15.7. The zero-order valence-electron chi connectivity index (χ0n) is 15.7. The monoisotopic (exact) mass is 354 g/mol. The van der Waals surface area contributed by atoms with E-state index in [0.717, 1.165) is 18.5 Å². The van der Waals surface area contributed by atoms with Crippen LogP contribution in [0, 0.1) is 5.92 Å². The SMILES string of the molecule is CC(C)CCNC[C@@H](O)[C@H](Cc1ccccc1)NC(=O)c1ccccc1. The minimum Gasteiger partial charge on any atom is -0.390 e. The van der Waals surface area contributed by atoms with Crippen LogP contribution >= 0.6 is 0 Å². The molecular formula is C22H30N2O2. The van der Waals surface area contributed by atoms with Gasteiger partial charge >= 0.3 is 0 Å². The summed E-state index contributed by atoms with van der Waals surface area (Å²) in [7, 11) is 0. The molecule has 3 N–H and O–H groups in total. The molecule has 0 unspecified atom stereocenters. The van der Waals surface area contributed by atoms with E-state index in [-0.39, 0.29) is 11.9 Å². The summed E-state index contributed by atoms with van der Waals surface area (Å²) in [5.74, 6) is 0.463. The molecule has 0 bridgehead atoms. The van der Waals surface area contributed by atoms with Gasteiger partial charge in [0.15, 0.2) is 0 Å². The highest BCUT2D eigenvalue weighted by Gasteiger charge is 2.22. The van der Waals surface area contributed by atoms with Crippen LogP contribution in [0.2, 0.25) is 0 Å². The lowest BCUT2D eigenvalue weighted by molar-refractivity contribution is 0.0830. The summed E-state index contributed by atoms with van der Waals surface area (Å²) in [6.07, 6.45) is 0.994. The summed E-state index contributed by atoms with van der Waals surface area (Å²) in [4.78, 5) is 12.5. The second-order valence-electron chi connectivity index (χ2n) is 7.09. The lowest BCUT2D eigenvalue weighted by Gasteiger charge is -2.25. The Balaban J connectivity index is 1.99. The van der Waals surface area contributed by atoms with Crippen LogP contribution in [0.4, 0.5) is 0 Å². The Hall–Kier alpha value is -2.17. The van der Waals surface area contributed by atoms with Crippen LogP contribution in [0.25, 0.3) is 0 Å². The van der Waals surface area contributed by atoms with Crippen molar-refractivity contribution in [2.45, 2.75) is 38.8 Å². The summed E-state index contributed by atoms with van der Waals surface area (Å²) in [6, 6.07) is 18.7. The van der Waals surface area contributed by atoms with Crippen molar-refractivity contribution in [1.82, 2.24) is 10.6 Å². The van der Waals surface area contributed by atoms with Crippen molar-refractivity contribution in [3.05, 3.63) is 71.8 Å². The van der Waals surface area contributed by atoms with Gasteiger partial charge in [0, 0.05) is 12.1 Å². The number of rotatable bonds is 10. The summed E-state index contributed by atoms with van der Waals surface area (Å²) in [6.45, 7) is 5.67. The van der Waals surface area contributed by atoms with Gasteiger partial charge < -0.3 is 15.7 Å². The van der Waals surface area contributed by atoms with E-state index in [2.05, 4.69) is 24.5 Å². The maximum Gasteiger partial charge on any atom is 0.251 e. The van der Waals surface area contributed by atoms with E-state index in [1.54, 1.807) is 12.1 Å². The van der Waals surface area contributed by atoms with Crippen molar-refractivity contribution in [1.29, 1.82) is 0 Å². The Morgan fingerprint density at radius 3 is 2.23 bits per heavy atom. The van der Waals surface area contributed by atoms with Crippen LogP contribution in [-0.4, -0.2) is 36.2 Å². The van der Waals surface area contributed by atoms with Crippen LogP contribution in [0.3, 0.4) is 0 Å². The lowest BCUT2D eigenvalue weighted by atomic mass is 10.0. The van der Waals surface area contributed by atoms with Crippen molar-refractivity contribution in [3.63, 3.8) is 0 Å². The molecule has 140 valence electrons. The fourth-order valence-electron chi connectivity index (χ4n) is 2.78. The van der Waals surface area contributed by atoms with E-state index in [4.69, 9.17) is 0 Å². The van der Waals surface area contributed by atoms with Gasteiger partial charge in [0.2, 0.25) is 0 Å². The predicted octanol–water partition coefficient (Wildman–Crippen LogP) is 3.02. The predicted molar refractivity (Wildman–Crippen MR) is 106 cm³/mol. The quantitative estimate of drug-likeness (QED) is 0.575. The fourth-order valence-corrected chi connectivity index (χ4v) is 2.78. The number of carbonyl (C=O) groups is 1. The minimum atomic E-state index is -0.657. The molecule has 2 atom stereocenters. The lowest BCUT2D eigenvalue weighted by Crippen LogP contribution is -2.48. The maximum atomic E-state index is 12.5. The summed E-state index contributed by atoms with van der Waals surface area (Å²) < 4.78 is 0. The van der Waals surface area contributed by atoms with Crippen LogP contribution < -0.4 is 10.6 Å². The average Bonchev–Trinajstić information content (AvgIpc) is 2.66. The van der Waals surface area contributed by atoms with Gasteiger partial charge in [0.25, 0.3) is 5.91 Å². The van der Waals surface area contributed by atoms with Gasteiger partial charge in [0.1, 0.15) is 0 Å². The molecule has 0 aliphatic carbocycles. The highest BCUT2D eigenvalue weighted by molar-refractivity contribution is 5.94. The number of hydrogen-bond donors (Lipinski definition) is 3. The van der Waals surface area contributed by atoms with E-state index in [9.17, 15) is 9.90 Å². The molecule has 0 aliphatic heterocycles. The third-order valence-corrected chi connectivity index (χ3v) is 4.37. The van der Waals surface area contributed by atoms with E-state index in [1.807, 2.05) is 48.5 Å². The van der Waals surface area contributed by atoms with E-state index in [0.29, 0.717) is 24.4 Å². The van der Waals surface area contributed by atoms with Crippen molar-refractivity contribution >= 4 is 5.91 Å². The Kier molecular flexibility index (Phi) is 8.32. The Bertz CT molecular complexity index is 644. The molecule has 0 spiro atoms. The molecule has 2 aromatic rings. The first-order chi connectivity index (χ1) is 12.6. The fraction of sp³-hybridized carbons (Fsp3) is 0.409. The molecular weight excluding hydrogens is 324 g/mol. The van der Waals surface area contributed by atoms with Crippen LogP contribution in [0.1, 0.15) is 36.2 Å². The molecule has 0 heterocycles. The first-order valence-electron chi connectivity index (χ1n) is 9.35. The Labute approximate surface area is 156 Å². The number of carbonyl (C=O) groups excluding carboxylic acids is 1. The molecule has 0 aromatic heterocycles. The minimum absolute atomic E-state index is 0.159. The molecule has 0 aliphatic rings. The van der Waals surface area contributed by atoms with Gasteiger partial charge in [0.05, 0.1) is 12.1 Å². The number of aliphatic hydroxyl groups is 1. The molecule has 26 heavy (non-hydrogen) atoms. The molecule has 0 saturated carbocycles. The van der Waals surface area contributed by atoms with Crippen LogP contribution in [0.15, 0.2) is 60.7 Å². The van der Waals surface area contributed by atoms with Gasteiger partial charge in [-0.25, -0.2) is 0 Å². The topological polar surface area (TPSA) is 61.4 Å². The molecule has 4 nitrogen and oxygen atoms in total. The van der Waals surface area contributed by atoms with Gasteiger partial charge in [-0.15, -0.1) is 0 Å². The Morgan fingerprint density at radius 2 is 1.62 bits per heavy atom. The highest BCUT2D eigenvalue weighted by atomic mass is 16.3. The first-order valence-corrected chi connectivity index (χ1v) is 9.35. The standard InChI is InChI=1S/C22H30N2O2/c1-17(2)13-14-23-16-21(25)20(15-18-9-5-3-6-10-18)24-22(26)19-11-7-4-8-12-19/h3-12,17,20-21,23,25H,13-16H2,1-2H3,(H,24,26)/t20-,21+/m0/s1. The third kappa shape index (κ3) is 6.98. The number of amides is 1. The zero-order chi connectivity index (χ0) is 18.8. The number of nitrogens with one attached hydrogen (secondary N) is 2. The highest BCUT2D eigenvalue weighted by Crippen LogP contribution is 2.08. The third-order valence-electron chi connectivity index (χ3n) is 4.37. The molecule has 0 fully saturated rings. The van der Waals surface area contributed by atoms with E-state index < -0.39 is 6.10 Å². The maximum absolute atomic E-state index is 12.5. The molecule has 0 saturated heterocycles.